The molecule has 1 aliphatic rings. The third-order valence-electron chi connectivity index (χ3n) is 6.33. The zero-order valence-electron chi connectivity index (χ0n) is 19.0. The summed E-state index contributed by atoms with van der Waals surface area (Å²) in [6.45, 7) is 2.01. The summed E-state index contributed by atoms with van der Waals surface area (Å²) < 4.78 is 35.8. The van der Waals surface area contributed by atoms with Gasteiger partial charge in [0.1, 0.15) is 5.82 Å². The standard InChI is InChI=1S/C24H24ClFN2O.CH4O3S/c1-15(24(29)28-20-9-6-18(25)7-10-20)16-2-4-17(5-3-16)21-12-13-27-23-11-8-19(26)14-22(21)23;1-4-5(2)3/h6-17H,2-5H2,1H3,(H,28,29);5H,1H3/t15-,16?,17?;/m1./s1. The molecule has 1 fully saturated rings. The van der Waals surface area contributed by atoms with Crippen molar-refractivity contribution in [3.63, 3.8) is 0 Å². The lowest BCUT2D eigenvalue weighted by atomic mass is 9.73. The van der Waals surface area contributed by atoms with E-state index in [1.807, 2.05) is 31.3 Å². The van der Waals surface area contributed by atoms with Crippen LogP contribution in [0.15, 0.2) is 54.7 Å². The highest BCUT2D eigenvalue weighted by atomic mass is 35.5. The van der Waals surface area contributed by atoms with E-state index in [4.69, 9.17) is 11.6 Å². The highest BCUT2D eigenvalue weighted by molar-refractivity contribution is 7.67. The molecule has 0 unspecified atom stereocenters. The van der Waals surface area contributed by atoms with Crippen LogP contribution < -0.4 is 5.32 Å². The van der Waals surface area contributed by atoms with Crippen molar-refractivity contribution in [3.05, 3.63) is 71.1 Å². The van der Waals surface area contributed by atoms with Crippen LogP contribution in [0.25, 0.3) is 10.9 Å². The molecule has 34 heavy (non-hydrogen) atoms. The Balaban J connectivity index is 0.000000588. The molecule has 0 radical (unpaired) electrons. The van der Waals surface area contributed by atoms with Crippen molar-refractivity contribution < 1.29 is 21.8 Å². The first-order valence-electron chi connectivity index (χ1n) is 11.1. The molecule has 0 saturated heterocycles. The molecule has 4 rings (SSSR count). The molecular formula is C25H28ClFN2O4S. The molecule has 1 heterocycles. The summed E-state index contributed by atoms with van der Waals surface area (Å²) in [7, 11) is -1.50. The lowest BCUT2D eigenvalue weighted by Crippen LogP contribution is -2.29. The van der Waals surface area contributed by atoms with Crippen LogP contribution in [-0.2, 0) is 20.0 Å². The maximum Gasteiger partial charge on any atom is 0.256 e. The molecule has 1 atom stereocenters. The van der Waals surface area contributed by atoms with Crippen LogP contribution >= 0.6 is 11.6 Å². The van der Waals surface area contributed by atoms with Crippen LogP contribution in [0.3, 0.4) is 0 Å². The summed E-state index contributed by atoms with van der Waals surface area (Å²) in [5, 5.41) is 4.55. The second-order valence-corrected chi connectivity index (χ2v) is 9.61. The number of carbonyl (C=O) groups excluding carboxylic acids is 1. The first-order valence-corrected chi connectivity index (χ1v) is 12.5. The summed E-state index contributed by atoms with van der Waals surface area (Å²) >= 11 is 5.90. The van der Waals surface area contributed by atoms with Crippen molar-refractivity contribution in [1.29, 1.82) is 0 Å². The Morgan fingerprint density at radius 2 is 1.76 bits per heavy atom. The minimum atomic E-state index is -2.60. The zero-order valence-corrected chi connectivity index (χ0v) is 20.7. The number of fused-ring (bicyclic) bond motifs is 1. The molecule has 1 aromatic heterocycles. The predicted octanol–water partition coefficient (Wildman–Crippen LogP) is 5.74. The van der Waals surface area contributed by atoms with Gasteiger partial charge >= 0.3 is 0 Å². The van der Waals surface area contributed by atoms with Gasteiger partial charge in [0, 0.05) is 28.2 Å². The fourth-order valence-electron chi connectivity index (χ4n) is 4.43. The number of benzene rings is 2. The summed E-state index contributed by atoms with van der Waals surface area (Å²) in [6.07, 6.45) is 5.78. The second-order valence-electron chi connectivity index (χ2n) is 8.36. The van der Waals surface area contributed by atoms with Gasteiger partial charge in [0.05, 0.1) is 12.6 Å². The van der Waals surface area contributed by atoms with Gasteiger partial charge in [-0.05, 0) is 91.6 Å². The van der Waals surface area contributed by atoms with Crippen LogP contribution in [-0.4, -0.2) is 26.4 Å². The van der Waals surface area contributed by atoms with Crippen molar-refractivity contribution >= 4 is 45.1 Å². The number of amides is 1. The molecule has 0 aliphatic heterocycles. The monoisotopic (exact) mass is 506 g/mol. The molecule has 1 N–H and O–H groups in total. The number of pyridine rings is 1. The third kappa shape index (κ3) is 6.98. The topological polar surface area (TPSA) is 85.4 Å². The minimum absolute atomic E-state index is 0.0483. The number of carbonyl (C=O) groups is 1. The molecule has 182 valence electrons. The van der Waals surface area contributed by atoms with Gasteiger partial charge in [0.2, 0.25) is 5.91 Å². The van der Waals surface area contributed by atoms with E-state index in [9.17, 15) is 17.6 Å². The molecule has 6 nitrogen and oxygen atoms in total. The van der Waals surface area contributed by atoms with Crippen LogP contribution in [0.5, 0.6) is 0 Å². The van der Waals surface area contributed by atoms with Crippen molar-refractivity contribution in [3.8, 4) is 0 Å². The van der Waals surface area contributed by atoms with Gasteiger partial charge in [-0.1, -0.05) is 18.5 Å². The van der Waals surface area contributed by atoms with Crippen LogP contribution in [0, 0.1) is 17.7 Å². The van der Waals surface area contributed by atoms with Crippen LogP contribution in [0.1, 0.15) is 44.1 Å². The number of nitrogens with one attached hydrogen (secondary N) is 1. The maximum absolute atomic E-state index is 13.8. The number of hydrogen-bond acceptors (Lipinski definition) is 5. The fraction of sp³-hybridized carbons (Fsp3) is 0.360. The van der Waals surface area contributed by atoms with Crippen LogP contribution in [0.4, 0.5) is 10.1 Å². The van der Waals surface area contributed by atoms with Crippen molar-refractivity contribution in [2.24, 2.45) is 11.8 Å². The van der Waals surface area contributed by atoms with Gasteiger partial charge in [-0.3, -0.25) is 14.0 Å². The zero-order chi connectivity index (χ0) is 24.7. The Morgan fingerprint density at radius 3 is 2.38 bits per heavy atom. The van der Waals surface area contributed by atoms with E-state index >= 15 is 0 Å². The summed E-state index contributed by atoms with van der Waals surface area (Å²) in [4.78, 5) is 17.0. The van der Waals surface area contributed by atoms with Gasteiger partial charge in [-0.15, -0.1) is 0 Å². The van der Waals surface area contributed by atoms with Gasteiger partial charge < -0.3 is 5.32 Å². The number of anilines is 1. The molecule has 1 amide bonds. The maximum atomic E-state index is 13.8. The SMILES string of the molecule is CO[SH](=O)=O.C[C@@H](C(=O)Nc1ccc(Cl)cc1)C1CCC(c2ccnc3ccc(F)cc23)CC1. The van der Waals surface area contributed by atoms with Gasteiger partial charge in [0.25, 0.3) is 11.0 Å². The number of halogens is 2. The lowest BCUT2D eigenvalue weighted by molar-refractivity contribution is -0.121. The molecule has 2 aromatic carbocycles. The van der Waals surface area contributed by atoms with Crippen molar-refractivity contribution in [1.82, 2.24) is 4.98 Å². The van der Waals surface area contributed by atoms with Crippen molar-refractivity contribution in [2.75, 3.05) is 12.4 Å². The average molecular weight is 507 g/mol. The van der Waals surface area contributed by atoms with Crippen molar-refractivity contribution in [2.45, 2.75) is 38.5 Å². The second kappa shape index (κ2) is 12.2. The van der Waals surface area contributed by atoms with E-state index in [2.05, 4.69) is 14.5 Å². The minimum Gasteiger partial charge on any atom is -0.326 e. The Labute approximate surface area is 205 Å². The third-order valence-corrected chi connectivity index (χ3v) is 6.88. The number of thiol groups is 1. The fourth-order valence-corrected chi connectivity index (χ4v) is 4.56. The van der Waals surface area contributed by atoms with E-state index in [0.29, 0.717) is 16.9 Å². The smallest absolute Gasteiger partial charge is 0.256 e. The Bertz CT molecular complexity index is 1190. The summed E-state index contributed by atoms with van der Waals surface area (Å²) in [5.74, 6) is 0.492. The Morgan fingerprint density at radius 1 is 1.12 bits per heavy atom. The van der Waals surface area contributed by atoms with Crippen LogP contribution in [0.2, 0.25) is 5.02 Å². The van der Waals surface area contributed by atoms with E-state index in [1.54, 1.807) is 24.3 Å². The highest BCUT2D eigenvalue weighted by Gasteiger charge is 2.30. The number of nitrogens with zero attached hydrogens (tertiary/aromatic N) is 1. The molecule has 0 spiro atoms. The number of hydrogen-bond donors (Lipinski definition) is 2. The first kappa shape index (κ1) is 26.1. The number of rotatable bonds is 5. The Kier molecular flexibility index (Phi) is 9.38. The Hall–Kier alpha value is -2.55. The lowest BCUT2D eigenvalue weighted by Gasteiger charge is -2.32. The summed E-state index contributed by atoms with van der Waals surface area (Å²) in [6, 6.07) is 14.0. The molecule has 0 bridgehead atoms. The average Bonchev–Trinajstić information content (AvgIpc) is 2.85. The van der Waals surface area contributed by atoms with E-state index < -0.39 is 11.0 Å². The quantitative estimate of drug-likeness (QED) is 0.431. The molecule has 9 heteroatoms. The summed E-state index contributed by atoms with van der Waals surface area (Å²) in [5.41, 5.74) is 2.78. The van der Waals surface area contributed by atoms with Gasteiger partial charge in [-0.25, -0.2) is 12.8 Å². The highest BCUT2D eigenvalue weighted by Crippen LogP contribution is 2.41. The van der Waals surface area contributed by atoms with E-state index in [-0.39, 0.29) is 17.6 Å². The predicted molar refractivity (Wildman–Crippen MR) is 133 cm³/mol. The number of aromatic nitrogens is 1. The van der Waals surface area contributed by atoms with E-state index in [0.717, 1.165) is 49.4 Å². The van der Waals surface area contributed by atoms with E-state index in [1.165, 1.54) is 11.6 Å². The first-order chi connectivity index (χ1) is 16.3. The normalized spacial score (nSPS) is 18.7. The molecular weight excluding hydrogens is 479 g/mol. The van der Waals surface area contributed by atoms with Gasteiger partial charge in [-0.2, -0.15) is 0 Å². The molecule has 1 aliphatic carbocycles. The largest absolute Gasteiger partial charge is 0.326 e. The molecule has 3 aromatic rings. The van der Waals surface area contributed by atoms with Gasteiger partial charge in [0.15, 0.2) is 0 Å². The molecule has 1 saturated carbocycles.